The van der Waals surface area contributed by atoms with Crippen LogP contribution in [0.3, 0.4) is 0 Å². The Hall–Kier alpha value is -0.890. The van der Waals surface area contributed by atoms with Crippen molar-refractivity contribution in [2.24, 2.45) is 5.73 Å². The van der Waals surface area contributed by atoms with Gasteiger partial charge in [-0.2, -0.15) is 0 Å². The Balaban J connectivity index is 3.20. The molecule has 0 bridgehead atoms. The Bertz CT molecular complexity index is 369. The van der Waals surface area contributed by atoms with Crippen molar-refractivity contribution in [3.05, 3.63) is 22.2 Å². The third-order valence-corrected chi connectivity index (χ3v) is 2.03. The quantitative estimate of drug-likeness (QED) is 0.671. The van der Waals surface area contributed by atoms with E-state index in [4.69, 9.17) is 5.73 Å². The normalized spacial score (nSPS) is 11.6. The molecule has 1 aromatic rings. The number of halogens is 5. The minimum atomic E-state index is -4.91. The lowest BCUT2D eigenvalue weighted by Crippen LogP contribution is -2.20. The fraction of sp³-hybridized carbons (Fsp3) is 0.286. The van der Waals surface area contributed by atoms with E-state index in [0.717, 1.165) is 6.20 Å². The van der Waals surface area contributed by atoms with E-state index < -0.39 is 24.5 Å². The molecule has 0 aliphatic carbocycles. The molecule has 2 N–H and O–H groups in total. The van der Waals surface area contributed by atoms with Crippen molar-refractivity contribution in [2.45, 2.75) is 12.9 Å². The Labute approximate surface area is 90.4 Å². The van der Waals surface area contributed by atoms with Crippen molar-refractivity contribution in [2.75, 3.05) is 0 Å². The lowest BCUT2D eigenvalue weighted by atomic mass is 10.2. The van der Waals surface area contributed by atoms with Crippen LogP contribution >= 0.6 is 15.9 Å². The molecule has 0 radical (unpaired) electrons. The first-order chi connectivity index (χ1) is 6.85. The van der Waals surface area contributed by atoms with Crippen LogP contribution in [0.5, 0.6) is 5.75 Å². The van der Waals surface area contributed by atoms with Crippen molar-refractivity contribution in [3.63, 3.8) is 0 Å². The summed E-state index contributed by atoms with van der Waals surface area (Å²) in [7, 11) is 0. The fourth-order valence-corrected chi connectivity index (χ4v) is 1.32. The maximum atomic E-state index is 13.0. The van der Waals surface area contributed by atoms with E-state index in [1.165, 1.54) is 0 Å². The van der Waals surface area contributed by atoms with E-state index in [0.29, 0.717) is 0 Å². The molecule has 3 nitrogen and oxygen atoms in total. The highest BCUT2D eigenvalue weighted by Gasteiger charge is 2.34. The average molecular weight is 289 g/mol. The van der Waals surface area contributed by atoms with Crippen LogP contribution in [0, 0.1) is 5.82 Å². The van der Waals surface area contributed by atoms with Crippen molar-refractivity contribution < 1.29 is 22.3 Å². The van der Waals surface area contributed by atoms with Crippen LogP contribution in [-0.4, -0.2) is 11.3 Å². The molecule has 1 heterocycles. The number of alkyl halides is 3. The van der Waals surface area contributed by atoms with Gasteiger partial charge in [0.1, 0.15) is 10.4 Å². The molecule has 0 unspecified atom stereocenters. The molecule has 0 saturated heterocycles. The minimum Gasteiger partial charge on any atom is -0.402 e. The predicted octanol–water partition coefficient (Wildman–Crippen LogP) is 2.34. The summed E-state index contributed by atoms with van der Waals surface area (Å²) in [4.78, 5) is 3.33. The van der Waals surface area contributed by atoms with E-state index >= 15 is 0 Å². The van der Waals surface area contributed by atoms with Gasteiger partial charge in [-0.3, -0.25) is 0 Å². The third-order valence-electron chi connectivity index (χ3n) is 1.46. The summed E-state index contributed by atoms with van der Waals surface area (Å²) in [6.07, 6.45) is -4.16. The molecule has 0 saturated carbocycles. The van der Waals surface area contributed by atoms with E-state index in [2.05, 4.69) is 25.7 Å². The summed E-state index contributed by atoms with van der Waals surface area (Å²) in [5.41, 5.74) is 4.72. The smallest absolute Gasteiger partial charge is 0.402 e. The second-order valence-corrected chi connectivity index (χ2v) is 3.21. The number of aromatic nitrogens is 1. The average Bonchev–Trinajstić information content (AvgIpc) is 2.10. The molecule has 1 aromatic heterocycles. The molecule has 1 rings (SSSR count). The van der Waals surface area contributed by atoms with Gasteiger partial charge in [0.2, 0.25) is 0 Å². The summed E-state index contributed by atoms with van der Waals surface area (Å²) < 4.78 is 52.2. The lowest BCUT2D eigenvalue weighted by Gasteiger charge is -2.13. The molecule has 0 fully saturated rings. The van der Waals surface area contributed by atoms with Gasteiger partial charge in [-0.25, -0.2) is 9.37 Å². The number of ether oxygens (including phenoxy) is 1. The van der Waals surface area contributed by atoms with Gasteiger partial charge >= 0.3 is 6.36 Å². The fourth-order valence-electron chi connectivity index (χ4n) is 0.892. The number of hydrogen-bond donors (Lipinski definition) is 1. The molecule has 0 aliphatic rings. The van der Waals surface area contributed by atoms with Gasteiger partial charge in [-0.05, 0) is 15.9 Å². The first-order valence-corrected chi connectivity index (χ1v) is 4.43. The van der Waals surface area contributed by atoms with Crippen molar-refractivity contribution in [3.8, 4) is 5.75 Å². The van der Waals surface area contributed by atoms with Gasteiger partial charge in [-0.15, -0.1) is 13.2 Å². The first-order valence-electron chi connectivity index (χ1n) is 3.64. The number of pyridine rings is 1. The van der Waals surface area contributed by atoms with Crippen LogP contribution in [0.2, 0.25) is 0 Å². The zero-order chi connectivity index (χ0) is 11.6. The van der Waals surface area contributed by atoms with E-state index in [1.54, 1.807) is 0 Å². The second-order valence-electron chi connectivity index (χ2n) is 2.46. The zero-order valence-electron chi connectivity index (χ0n) is 7.11. The van der Waals surface area contributed by atoms with E-state index in [9.17, 15) is 17.6 Å². The molecule has 84 valence electrons. The van der Waals surface area contributed by atoms with Gasteiger partial charge in [0.25, 0.3) is 0 Å². The number of nitrogens with two attached hydrogens (primary N) is 1. The molecule has 15 heavy (non-hydrogen) atoms. The van der Waals surface area contributed by atoms with Crippen molar-refractivity contribution >= 4 is 15.9 Å². The second kappa shape index (κ2) is 4.31. The maximum Gasteiger partial charge on any atom is 0.573 e. The van der Waals surface area contributed by atoms with E-state index in [1.807, 2.05) is 0 Å². The molecule has 0 atom stereocenters. The zero-order valence-corrected chi connectivity index (χ0v) is 8.69. The summed E-state index contributed by atoms with van der Waals surface area (Å²) in [5.74, 6) is -1.69. The molecular formula is C7H5BrF4N2O. The summed E-state index contributed by atoms with van der Waals surface area (Å²) in [6.45, 7) is -0.418. The topological polar surface area (TPSA) is 48.1 Å². The molecule has 0 spiro atoms. The van der Waals surface area contributed by atoms with Crippen LogP contribution in [0.4, 0.5) is 17.6 Å². The van der Waals surface area contributed by atoms with E-state index in [-0.39, 0.29) is 10.2 Å². The van der Waals surface area contributed by atoms with Gasteiger partial charge in [0, 0.05) is 12.1 Å². The maximum absolute atomic E-state index is 13.0. The number of nitrogens with zero attached hydrogens (tertiary/aromatic N) is 1. The van der Waals surface area contributed by atoms with Crippen LogP contribution in [-0.2, 0) is 6.54 Å². The highest BCUT2D eigenvalue weighted by atomic mass is 79.9. The minimum absolute atomic E-state index is 0.248. The highest BCUT2D eigenvalue weighted by Crippen LogP contribution is 2.33. The van der Waals surface area contributed by atoms with Crippen LogP contribution in [0.15, 0.2) is 10.8 Å². The molecule has 8 heteroatoms. The number of rotatable bonds is 2. The number of hydrogen-bond acceptors (Lipinski definition) is 3. The molecule has 0 amide bonds. The summed E-state index contributed by atoms with van der Waals surface area (Å²) in [6, 6.07) is 0. The van der Waals surface area contributed by atoms with Gasteiger partial charge in [0.15, 0.2) is 5.75 Å². The lowest BCUT2D eigenvalue weighted by molar-refractivity contribution is -0.275. The SMILES string of the molecule is NCc1c(F)cnc(Br)c1OC(F)(F)F. The van der Waals surface area contributed by atoms with Crippen molar-refractivity contribution in [1.29, 1.82) is 0 Å². The molecule has 0 aliphatic heterocycles. The van der Waals surface area contributed by atoms with Crippen LogP contribution < -0.4 is 10.5 Å². The first kappa shape index (κ1) is 12.2. The Kier molecular flexibility index (Phi) is 3.50. The van der Waals surface area contributed by atoms with Gasteiger partial charge < -0.3 is 10.5 Å². The Morgan fingerprint density at radius 1 is 1.47 bits per heavy atom. The largest absolute Gasteiger partial charge is 0.573 e. The standard InChI is InChI=1S/C7H5BrF4N2O/c8-6-5(15-7(10,11)12)3(1-13)4(9)2-14-6/h2H,1,13H2. The van der Waals surface area contributed by atoms with Gasteiger partial charge in [0.05, 0.1) is 6.20 Å². The Morgan fingerprint density at radius 3 is 2.53 bits per heavy atom. The van der Waals surface area contributed by atoms with Crippen molar-refractivity contribution in [1.82, 2.24) is 4.98 Å². The third kappa shape index (κ3) is 3.03. The summed E-state index contributed by atoms with van der Waals surface area (Å²) >= 11 is 2.72. The monoisotopic (exact) mass is 288 g/mol. The molecular weight excluding hydrogens is 284 g/mol. The predicted molar refractivity (Wildman–Crippen MR) is 46.5 cm³/mol. The summed E-state index contributed by atoms with van der Waals surface area (Å²) in [5, 5.41) is 0. The van der Waals surface area contributed by atoms with Crippen LogP contribution in [0.25, 0.3) is 0 Å². The highest BCUT2D eigenvalue weighted by molar-refractivity contribution is 9.10. The molecule has 0 aromatic carbocycles. The van der Waals surface area contributed by atoms with Crippen LogP contribution in [0.1, 0.15) is 5.56 Å². The van der Waals surface area contributed by atoms with Gasteiger partial charge in [-0.1, -0.05) is 0 Å². The Morgan fingerprint density at radius 2 is 2.07 bits per heavy atom.